The van der Waals surface area contributed by atoms with E-state index < -0.39 is 17.9 Å². The standard InChI is InChI=1S/C12H19N3O4/c1-8(10(16)14-4-2-3-5-14)13-12(19)15-6-9(7-15)11(17)18/h8-9H,2-7H2,1H3,(H,13,19)(H,17,18). The Bertz CT molecular complexity index is 386. The monoisotopic (exact) mass is 269 g/mol. The van der Waals surface area contributed by atoms with E-state index in [2.05, 4.69) is 5.32 Å². The van der Waals surface area contributed by atoms with Crippen LogP contribution in [0.4, 0.5) is 4.79 Å². The molecule has 2 aliphatic heterocycles. The highest BCUT2D eigenvalue weighted by Gasteiger charge is 2.36. The van der Waals surface area contributed by atoms with Crippen LogP contribution in [0.15, 0.2) is 0 Å². The third-order valence-corrected chi connectivity index (χ3v) is 3.65. The number of hydrogen-bond donors (Lipinski definition) is 2. The zero-order valence-electron chi connectivity index (χ0n) is 11.0. The lowest BCUT2D eigenvalue weighted by atomic mass is 10.0. The molecule has 19 heavy (non-hydrogen) atoms. The van der Waals surface area contributed by atoms with Gasteiger partial charge in [0.05, 0.1) is 5.92 Å². The van der Waals surface area contributed by atoms with Crippen molar-refractivity contribution in [2.75, 3.05) is 26.2 Å². The van der Waals surface area contributed by atoms with E-state index in [1.807, 2.05) is 0 Å². The molecular formula is C12H19N3O4. The summed E-state index contributed by atoms with van der Waals surface area (Å²) >= 11 is 0. The lowest BCUT2D eigenvalue weighted by molar-refractivity contribution is -0.146. The first-order valence-electron chi connectivity index (χ1n) is 6.56. The summed E-state index contributed by atoms with van der Waals surface area (Å²) in [7, 11) is 0. The third kappa shape index (κ3) is 2.97. The van der Waals surface area contributed by atoms with Gasteiger partial charge in [-0.3, -0.25) is 9.59 Å². The van der Waals surface area contributed by atoms with Crippen molar-refractivity contribution in [3.8, 4) is 0 Å². The fraction of sp³-hybridized carbons (Fsp3) is 0.750. The van der Waals surface area contributed by atoms with Crippen LogP contribution in [0.2, 0.25) is 0 Å². The quantitative estimate of drug-likeness (QED) is 0.737. The van der Waals surface area contributed by atoms with Crippen LogP contribution in [0.3, 0.4) is 0 Å². The van der Waals surface area contributed by atoms with Crippen LogP contribution in [0, 0.1) is 5.92 Å². The van der Waals surface area contributed by atoms with Gasteiger partial charge < -0.3 is 20.2 Å². The average molecular weight is 269 g/mol. The lowest BCUT2D eigenvalue weighted by Gasteiger charge is -2.37. The van der Waals surface area contributed by atoms with E-state index in [0.717, 1.165) is 25.9 Å². The fourth-order valence-electron chi connectivity index (χ4n) is 2.35. The molecule has 2 rings (SSSR count). The van der Waals surface area contributed by atoms with E-state index >= 15 is 0 Å². The maximum absolute atomic E-state index is 12.0. The molecule has 0 spiro atoms. The van der Waals surface area contributed by atoms with Crippen LogP contribution in [0.5, 0.6) is 0 Å². The predicted molar refractivity (Wildman–Crippen MR) is 66.5 cm³/mol. The minimum Gasteiger partial charge on any atom is -0.481 e. The molecule has 7 heteroatoms. The lowest BCUT2D eigenvalue weighted by Crippen LogP contribution is -2.58. The number of hydrogen-bond acceptors (Lipinski definition) is 3. The highest BCUT2D eigenvalue weighted by Crippen LogP contribution is 2.16. The Morgan fingerprint density at radius 3 is 2.26 bits per heavy atom. The number of aliphatic carboxylic acids is 1. The van der Waals surface area contributed by atoms with Crippen molar-refractivity contribution in [2.24, 2.45) is 5.92 Å². The van der Waals surface area contributed by atoms with Gasteiger partial charge in [-0.2, -0.15) is 0 Å². The molecule has 2 N–H and O–H groups in total. The van der Waals surface area contributed by atoms with E-state index in [0.29, 0.717) is 0 Å². The number of carbonyl (C=O) groups excluding carboxylic acids is 2. The van der Waals surface area contributed by atoms with Crippen molar-refractivity contribution in [1.82, 2.24) is 15.1 Å². The summed E-state index contributed by atoms with van der Waals surface area (Å²) in [6.45, 7) is 3.60. The second kappa shape index (κ2) is 5.46. The van der Waals surface area contributed by atoms with Gasteiger partial charge in [0.2, 0.25) is 5.91 Å². The summed E-state index contributed by atoms with van der Waals surface area (Å²) < 4.78 is 0. The Balaban J connectivity index is 1.76. The number of likely N-dealkylation sites (tertiary alicyclic amines) is 2. The van der Waals surface area contributed by atoms with Gasteiger partial charge in [0.25, 0.3) is 0 Å². The van der Waals surface area contributed by atoms with Crippen LogP contribution in [0.1, 0.15) is 19.8 Å². The number of urea groups is 1. The van der Waals surface area contributed by atoms with E-state index in [4.69, 9.17) is 5.11 Å². The number of nitrogens with one attached hydrogen (secondary N) is 1. The van der Waals surface area contributed by atoms with Gasteiger partial charge in [-0.1, -0.05) is 0 Å². The Morgan fingerprint density at radius 1 is 1.16 bits per heavy atom. The SMILES string of the molecule is CC(NC(=O)N1CC(C(=O)O)C1)C(=O)N1CCCC1. The number of carboxylic acid groups (broad SMARTS) is 1. The highest BCUT2D eigenvalue weighted by atomic mass is 16.4. The van der Waals surface area contributed by atoms with Crippen molar-refractivity contribution in [3.63, 3.8) is 0 Å². The molecular weight excluding hydrogens is 250 g/mol. The van der Waals surface area contributed by atoms with Crippen LogP contribution in [0.25, 0.3) is 0 Å². The summed E-state index contributed by atoms with van der Waals surface area (Å²) in [5.41, 5.74) is 0. The maximum Gasteiger partial charge on any atom is 0.318 e. The Labute approximate surface area is 111 Å². The van der Waals surface area contributed by atoms with Crippen molar-refractivity contribution >= 4 is 17.9 Å². The molecule has 2 saturated heterocycles. The van der Waals surface area contributed by atoms with Gasteiger partial charge in [-0.15, -0.1) is 0 Å². The molecule has 0 bridgehead atoms. The molecule has 3 amide bonds. The highest BCUT2D eigenvalue weighted by molar-refractivity contribution is 5.87. The molecule has 1 unspecified atom stereocenters. The topological polar surface area (TPSA) is 90.0 Å². The molecule has 2 aliphatic rings. The molecule has 1 atom stereocenters. The number of rotatable bonds is 3. The summed E-state index contributed by atoms with van der Waals surface area (Å²) in [5.74, 6) is -1.43. The molecule has 0 saturated carbocycles. The van der Waals surface area contributed by atoms with Crippen molar-refractivity contribution < 1.29 is 19.5 Å². The van der Waals surface area contributed by atoms with E-state index in [-0.39, 0.29) is 25.0 Å². The molecule has 2 heterocycles. The van der Waals surface area contributed by atoms with Crippen LogP contribution >= 0.6 is 0 Å². The van der Waals surface area contributed by atoms with Crippen LogP contribution in [-0.2, 0) is 9.59 Å². The van der Waals surface area contributed by atoms with E-state index in [1.165, 1.54) is 4.90 Å². The second-order valence-electron chi connectivity index (χ2n) is 5.14. The molecule has 106 valence electrons. The smallest absolute Gasteiger partial charge is 0.318 e. The average Bonchev–Trinajstić information content (AvgIpc) is 2.78. The first-order valence-corrected chi connectivity index (χ1v) is 6.56. The van der Waals surface area contributed by atoms with Gasteiger partial charge in [0.15, 0.2) is 0 Å². The predicted octanol–water partition coefficient (Wildman–Crippen LogP) is -0.277. The van der Waals surface area contributed by atoms with Crippen molar-refractivity contribution in [3.05, 3.63) is 0 Å². The van der Waals surface area contributed by atoms with Gasteiger partial charge in [0.1, 0.15) is 6.04 Å². The van der Waals surface area contributed by atoms with Gasteiger partial charge in [-0.05, 0) is 19.8 Å². The van der Waals surface area contributed by atoms with E-state index in [9.17, 15) is 14.4 Å². The number of amides is 3. The summed E-state index contributed by atoms with van der Waals surface area (Å²) in [5, 5.41) is 11.3. The zero-order valence-corrected chi connectivity index (χ0v) is 11.0. The molecule has 0 aromatic carbocycles. The van der Waals surface area contributed by atoms with Gasteiger partial charge >= 0.3 is 12.0 Å². The largest absolute Gasteiger partial charge is 0.481 e. The Morgan fingerprint density at radius 2 is 1.74 bits per heavy atom. The zero-order chi connectivity index (χ0) is 14.0. The van der Waals surface area contributed by atoms with Crippen molar-refractivity contribution in [2.45, 2.75) is 25.8 Å². The Kier molecular flexibility index (Phi) is 3.92. The molecule has 0 aliphatic carbocycles. The van der Waals surface area contributed by atoms with Crippen molar-refractivity contribution in [1.29, 1.82) is 0 Å². The first-order chi connectivity index (χ1) is 8.99. The Hall–Kier alpha value is -1.79. The summed E-state index contributed by atoms with van der Waals surface area (Å²) in [6.07, 6.45) is 2.03. The number of carboxylic acids is 1. The van der Waals surface area contributed by atoms with E-state index in [1.54, 1.807) is 11.8 Å². The minimum absolute atomic E-state index is 0.0684. The molecule has 7 nitrogen and oxygen atoms in total. The third-order valence-electron chi connectivity index (χ3n) is 3.65. The molecule has 0 radical (unpaired) electrons. The van der Waals surface area contributed by atoms with Crippen LogP contribution in [-0.4, -0.2) is 65.0 Å². The summed E-state index contributed by atoms with van der Waals surface area (Å²) in [6, 6.07) is -0.924. The number of carbonyl (C=O) groups is 3. The normalized spacial score (nSPS) is 20.9. The fourth-order valence-corrected chi connectivity index (χ4v) is 2.35. The van der Waals surface area contributed by atoms with Crippen LogP contribution < -0.4 is 5.32 Å². The molecule has 2 fully saturated rings. The first kappa shape index (κ1) is 13.6. The maximum atomic E-state index is 12.0. The summed E-state index contributed by atoms with van der Waals surface area (Å²) in [4.78, 5) is 37.6. The molecule has 0 aromatic heterocycles. The second-order valence-corrected chi connectivity index (χ2v) is 5.14. The van der Waals surface area contributed by atoms with Gasteiger partial charge in [0, 0.05) is 26.2 Å². The van der Waals surface area contributed by atoms with Gasteiger partial charge in [-0.25, -0.2) is 4.79 Å². The minimum atomic E-state index is -0.884. The molecule has 0 aromatic rings. The number of nitrogens with zero attached hydrogens (tertiary/aromatic N) is 2.